The number of anilines is 1. The van der Waals surface area contributed by atoms with Crippen molar-refractivity contribution in [3.63, 3.8) is 0 Å². The molecule has 0 aliphatic carbocycles. The van der Waals surface area contributed by atoms with Gasteiger partial charge in [-0.3, -0.25) is 4.31 Å². The summed E-state index contributed by atoms with van der Waals surface area (Å²) < 4.78 is 27.5. The first kappa shape index (κ1) is 15.3. The van der Waals surface area contributed by atoms with Gasteiger partial charge in [0.2, 0.25) is 0 Å². The van der Waals surface area contributed by atoms with Crippen LogP contribution < -0.4 is 4.31 Å². The maximum Gasteiger partial charge on any atom is 0.264 e. The van der Waals surface area contributed by atoms with E-state index in [0.717, 1.165) is 17.8 Å². The minimum atomic E-state index is -3.62. The van der Waals surface area contributed by atoms with Gasteiger partial charge in [-0.05, 0) is 36.9 Å². The molecule has 0 fully saturated rings. The highest BCUT2D eigenvalue weighted by Crippen LogP contribution is 2.30. The molecule has 116 valence electrons. The Labute approximate surface area is 136 Å². The molecule has 2 aromatic rings. The molecule has 0 radical (unpaired) electrons. The molecule has 1 aliphatic rings. The summed E-state index contributed by atoms with van der Waals surface area (Å²) in [5.41, 5.74) is 1.75. The van der Waals surface area contributed by atoms with Crippen LogP contribution in [0.25, 0.3) is 0 Å². The van der Waals surface area contributed by atoms with Crippen LogP contribution in [0.15, 0.2) is 53.4 Å². The number of sulfonamides is 1. The van der Waals surface area contributed by atoms with Gasteiger partial charge >= 0.3 is 0 Å². The summed E-state index contributed by atoms with van der Waals surface area (Å²) in [6.07, 6.45) is 0. The Bertz CT molecular complexity index is 792. The van der Waals surface area contributed by atoms with Crippen molar-refractivity contribution in [1.82, 2.24) is 4.90 Å². The molecular weight excluding hydrogens is 320 g/mol. The number of benzene rings is 2. The minimum Gasteiger partial charge on any atom is -0.300 e. The second-order valence-corrected chi connectivity index (χ2v) is 7.70. The van der Waals surface area contributed by atoms with Crippen LogP contribution in [0.4, 0.5) is 5.69 Å². The van der Waals surface area contributed by atoms with Crippen LogP contribution in [0, 0.1) is 0 Å². The van der Waals surface area contributed by atoms with Crippen LogP contribution in [0.2, 0.25) is 5.02 Å². The molecule has 0 spiro atoms. The predicted octanol–water partition coefficient (Wildman–Crippen LogP) is 2.98. The van der Waals surface area contributed by atoms with Crippen LogP contribution in [0.3, 0.4) is 0 Å². The third-order valence-electron chi connectivity index (χ3n) is 3.77. The number of rotatable bonds is 2. The first-order chi connectivity index (χ1) is 10.5. The summed E-state index contributed by atoms with van der Waals surface area (Å²) in [5, 5.41) is 0.418. The fraction of sp³-hybridized carbons (Fsp3) is 0.250. The third kappa shape index (κ3) is 2.84. The third-order valence-corrected chi connectivity index (χ3v) is 5.81. The van der Waals surface area contributed by atoms with Gasteiger partial charge in [0.15, 0.2) is 0 Å². The van der Waals surface area contributed by atoms with E-state index in [1.165, 1.54) is 10.4 Å². The Morgan fingerprint density at radius 3 is 2.59 bits per heavy atom. The first-order valence-electron chi connectivity index (χ1n) is 7.03. The van der Waals surface area contributed by atoms with Gasteiger partial charge in [-0.15, -0.1) is 0 Å². The van der Waals surface area contributed by atoms with E-state index < -0.39 is 10.0 Å². The normalized spacial score (nSPS) is 16.2. The zero-order valence-corrected chi connectivity index (χ0v) is 13.8. The lowest BCUT2D eigenvalue weighted by Gasteiger charge is -2.24. The highest BCUT2D eigenvalue weighted by Gasteiger charge is 2.29. The molecule has 22 heavy (non-hydrogen) atoms. The van der Waals surface area contributed by atoms with Gasteiger partial charge in [-0.25, -0.2) is 8.42 Å². The minimum absolute atomic E-state index is 0.222. The predicted molar refractivity (Wildman–Crippen MR) is 88.8 cm³/mol. The monoisotopic (exact) mass is 336 g/mol. The van der Waals surface area contributed by atoms with E-state index in [1.54, 1.807) is 18.2 Å². The number of fused-ring (bicyclic) bond motifs is 1. The molecule has 0 saturated carbocycles. The van der Waals surface area contributed by atoms with Crippen molar-refractivity contribution < 1.29 is 8.42 Å². The van der Waals surface area contributed by atoms with Crippen molar-refractivity contribution in [3.8, 4) is 0 Å². The molecule has 0 amide bonds. The van der Waals surface area contributed by atoms with Crippen molar-refractivity contribution in [2.75, 3.05) is 24.4 Å². The fourth-order valence-corrected chi connectivity index (χ4v) is 4.44. The summed E-state index contributed by atoms with van der Waals surface area (Å²) >= 11 is 5.95. The molecule has 1 heterocycles. The molecule has 2 aromatic carbocycles. The van der Waals surface area contributed by atoms with Crippen LogP contribution >= 0.6 is 11.6 Å². The van der Waals surface area contributed by atoms with Crippen molar-refractivity contribution in [2.24, 2.45) is 0 Å². The largest absolute Gasteiger partial charge is 0.300 e. The SMILES string of the molecule is CN1CCN(S(=O)(=O)c2cccc(Cl)c2)c2ccccc2C1. The fourth-order valence-electron chi connectivity index (χ4n) is 2.64. The summed E-state index contributed by atoms with van der Waals surface area (Å²) in [7, 11) is -1.63. The van der Waals surface area contributed by atoms with E-state index in [0.29, 0.717) is 18.1 Å². The van der Waals surface area contributed by atoms with Crippen LogP contribution in [-0.4, -0.2) is 33.5 Å². The van der Waals surface area contributed by atoms with E-state index in [2.05, 4.69) is 4.90 Å². The molecule has 0 atom stereocenters. The van der Waals surface area contributed by atoms with E-state index in [1.807, 2.05) is 31.3 Å². The molecule has 4 nitrogen and oxygen atoms in total. The average Bonchev–Trinajstić information content (AvgIpc) is 2.65. The number of nitrogens with zero attached hydrogens (tertiary/aromatic N) is 2. The van der Waals surface area contributed by atoms with Gasteiger partial charge in [0, 0.05) is 24.7 Å². The molecule has 0 saturated heterocycles. The quantitative estimate of drug-likeness (QED) is 0.846. The maximum atomic E-state index is 13.0. The van der Waals surface area contributed by atoms with Gasteiger partial charge in [0.1, 0.15) is 0 Å². The van der Waals surface area contributed by atoms with Gasteiger partial charge in [0.05, 0.1) is 10.6 Å². The molecular formula is C16H17ClN2O2S. The number of hydrogen-bond acceptors (Lipinski definition) is 3. The maximum absolute atomic E-state index is 13.0. The zero-order valence-electron chi connectivity index (χ0n) is 12.2. The van der Waals surface area contributed by atoms with E-state index in [-0.39, 0.29) is 4.90 Å². The molecule has 1 aliphatic heterocycles. The van der Waals surface area contributed by atoms with Crippen LogP contribution in [-0.2, 0) is 16.6 Å². The lowest BCUT2D eigenvalue weighted by Crippen LogP contribution is -2.35. The first-order valence-corrected chi connectivity index (χ1v) is 8.85. The summed E-state index contributed by atoms with van der Waals surface area (Å²) in [6.45, 7) is 1.83. The number of halogens is 1. The number of likely N-dealkylation sites (N-methyl/N-ethyl adjacent to an activating group) is 1. The highest BCUT2D eigenvalue weighted by molar-refractivity contribution is 7.92. The summed E-state index contributed by atoms with van der Waals surface area (Å²) in [5.74, 6) is 0. The van der Waals surface area contributed by atoms with Crippen molar-refractivity contribution in [3.05, 3.63) is 59.1 Å². The molecule has 3 rings (SSSR count). The standard InChI is InChI=1S/C16H17ClN2O2S/c1-18-9-10-19(16-8-3-2-5-13(16)12-18)22(20,21)15-7-4-6-14(17)11-15/h2-8,11H,9-10,12H2,1H3. The Morgan fingerprint density at radius 1 is 1.05 bits per heavy atom. The van der Waals surface area contributed by atoms with Crippen LogP contribution in [0.1, 0.15) is 5.56 Å². The molecule has 0 bridgehead atoms. The topological polar surface area (TPSA) is 40.6 Å². The molecule has 0 N–H and O–H groups in total. The zero-order chi connectivity index (χ0) is 15.7. The molecule has 0 unspecified atom stereocenters. The molecule has 6 heteroatoms. The van der Waals surface area contributed by atoms with Crippen molar-refractivity contribution in [2.45, 2.75) is 11.4 Å². The Hall–Kier alpha value is -1.56. The van der Waals surface area contributed by atoms with Gasteiger partial charge in [-0.1, -0.05) is 35.9 Å². The summed E-state index contributed by atoms with van der Waals surface area (Å²) in [6, 6.07) is 14.0. The Balaban J connectivity index is 2.11. The second kappa shape index (κ2) is 5.91. The lowest BCUT2D eigenvalue weighted by molar-refractivity contribution is 0.344. The van der Waals surface area contributed by atoms with Crippen LogP contribution in [0.5, 0.6) is 0 Å². The van der Waals surface area contributed by atoms with Gasteiger partial charge in [0.25, 0.3) is 10.0 Å². The highest BCUT2D eigenvalue weighted by atomic mass is 35.5. The average molecular weight is 337 g/mol. The van der Waals surface area contributed by atoms with E-state index >= 15 is 0 Å². The lowest BCUT2D eigenvalue weighted by atomic mass is 10.2. The summed E-state index contributed by atoms with van der Waals surface area (Å²) in [4.78, 5) is 2.34. The van der Waals surface area contributed by atoms with Gasteiger partial charge in [-0.2, -0.15) is 0 Å². The Kier molecular flexibility index (Phi) is 4.12. The van der Waals surface area contributed by atoms with Crippen molar-refractivity contribution in [1.29, 1.82) is 0 Å². The molecule has 0 aromatic heterocycles. The Morgan fingerprint density at radius 2 is 1.82 bits per heavy atom. The number of hydrogen-bond donors (Lipinski definition) is 0. The second-order valence-electron chi connectivity index (χ2n) is 5.40. The smallest absolute Gasteiger partial charge is 0.264 e. The van der Waals surface area contributed by atoms with Gasteiger partial charge < -0.3 is 4.90 Å². The number of para-hydroxylation sites is 1. The van der Waals surface area contributed by atoms with Crippen molar-refractivity contribution >= 4 is 27.3 Å². The van der Waals surface area contributed by atoms with E-state index in [4.69, 9.17) is 11.6 Å². The van der Waals surface area contributed by atoms with E-state index in [9.17, 15) is 8.42 Å².